The minimum Gasteiger partial charge on any atom is -0.481 e. The Hall–Kier alpha value is -1.55. The second kappa shape index (κ2) is 6.06. The second-order valence-electron chi connectivity index (χ2n) is 5.55. The quantitative estimate of drug-likeness (QED) is 0.882. The molecular formula is C15H22N2O2. The summed E-state index contributed by atoms with van der Waals surface area (Å²) in [6.07, 6.45) is 1.30. The van der Waals surface area contributed by atoms with Crippen molar-refractivity contribution in [1.29, 1.82) is 0 Å². The van der Waals surface area contributed by atoms with Gasteiger partial charge in [-0.05, 0) is 36.6 Å². The first kappa shape index (κ1) is 13.9. The van der Waals surface area contributed by atoms with E-state index in [1.807, 2.05) is 14.1 Å². The molecular weight excluding hydrogens is 240 g/mol. The van der Waals surface area contributed by atoms with Gasteiger partial charge in [0.25, 0.3) is 0 Å². The molecule has 4 heteroatoms. The maximum Gasteiger partial charge on any atom is 0.303 e. The summed E-state index contributed by atoms with van der Waals surface area (Å²) >= 11 is 0. The van der Waals surface area contributed by atoms with Gasteiger partial charge in [-0.15, -0.1) is 0 Å². The van der Waals surface area contributed by atoms with Crippen LogP contribution in [-0.2, 0) is 11.3 Å². The van der Waals surface area contributed by atoms with Gasteiger partial charge in [0.15, 0.2) is 0 Å². The van der Waals surface area contributed by atoms with Crippen LogP contribution in [0.15, 0.2) is 24.3 Å². The van der Waals surface area contributed by atoms with Gasteiger partial charge in [0.05, 0.1) is 0 Å². The van der Waals surface area contributed by atoms with Crippen LogP contribution in [0, 0.1) is 5.92 Å². The fraction of sp³-hybridized carbons (Fsp3) is 0.533. The lowest BCUT2D eigenvalue weighted by atomic mass is 10.1. The molecule has 1 N–H and O–H groups in total. The highest BCUT2D eigenvalue weighted by Gasteiger charge is 2.24. The summed E-state index contributed by atoms with van der Waals surface area (Å²) in [7, 11) is 4.07. The fourth-order valence-corrected chi connectivity index (χ4v) is 2.63. The molecule has 1 aliphatic heterocycles. The number of nitrogens with zero attached hydrogens (tertiary/aromatic N) is 2. The lowest BCUT2D eigenvalue weighted by molar-refractivity contribution is -0.138. The molecule has 4 nitrogen and oxygen atoms in total. The van der Waals surface area contributed by atoms with Gasteiger partial charge in [0, 0.05) is 39.3 Å². The van der Waals surface area contributed by atoms with Crippen LogP contribution in [0.25, 0.3) is 0 Å². The van der Waals surface area contributed by atoms with Gasteiger partial charge in [-0.1, -0.05) is 12.1 Å². The smallest absolute Gasteiger partial charge is 0.303 e. The molecule has 1 unspecified atom stereocenters. The van der Waals surface area contributed by atoms with Crippen molar-refractivity contribution in [2.45, 2.75) is 19.4 Å². The van der Waals surface area contributed by atoms with Crippen molar-refractivity contribution in [3.63, 3.8) is 0 Å². The average Bonchev–Trinajstić information content (AvgIpc) is 2.76. The minimum absolute atomic E-state index is 0.302. The van der Waals surface area contributed by atoms with E-state index >= 15 is 0 Å². The summed E-state index contributed by atoms with van der Waals surface area (Å²) in [5.74, 6) is -0.360. The van der Waals surface area contributed by atoms with Crippen LogP contribution in [-0.4, -0.2) is 43.2 Å². The van der Waals surface area contributed by atoms with Crippen LogP contribution in [0.2, 0.25) is 0 Å². The van der Waals surface area contributed by atoms with Crippen LogP contribution >= 0.6 is 0 Å². The normalized spacial score (nSPS) is 19.6. The Kier molecular flexibility index (Phi) is 4.43. The molecule has 0 aliphatic carbocycles. The molecule has 1 aromatic carbocycles. The predicted octanol–water partition coefficient (Wildman–Crippen LogP) is 2.05. The second-order valence-corrected chi connectivity index (χ2v) is 5.55. The summed E-state index contributed by atoms with van der Waals surface area (Å²) in [4.78, 5) is 15.1. The fourth-order valence-electron chi connectivity index (χ4n) is 2.63. The van der Waals surface area contributed by atoms with Gasteiger partial charge < -0.3 is 10.0 Å². The number of benzene rings is 1. The van der Waals surface area contributed by atoms with Gasteiger partial charge in [-0.3, -0.25) is 9.69 Å². The molecule has 0 bridgehead atoms. The van der Waals surface area contributed by atoms with Crippen molar-refractivity contribution < 1.29 is 9.90 Å². The van der Waals surface area contributed by atoms with Gasteiger partial charge in [0.1, 0.15) is 0 Å². The van der Waals surface area contributed by atoms with Crippen LogP contribution < -0.4 is 4.90 Å². The van der Waals surface area contributed by atoms with Crippen molar-refractivity contribution in [2.24, 2.45) is 5.92 Å². The van der Waals surface area contributed by atoms with E-state index in [0.717, 1.165) is 26.1 Å². The van der Waals surface area contributed by atoms with Crippen molar-refractivity contribution in [3.8, 4) is 0 Å². The molecule has 1 saturated heterocycles. The first-order valence-electron chi connectivity index (χ1n) is 6.75. The average molecular weight is 262 g/mol. The third kappa shape index (κ3) is 3.96. The number of hydrogen-bond donors (Lipinski definition) is 1. The number of aliphatic carboxylic acids is 1. The summed E-state index contributed by atoms with van der Waals surface area (Å²) in [6.45, 7) is 2.83. The molecule has 0 spiro atoms. The van der Waals surface area contributed by atoms with E-state index < -0.39 is 5.97 Å². The van der Waals surface area contributed by atoms with E-state index in [4.69, 9.17) is 5.11 Å². The minimum atomic E-state index is -0.679. The standard InChI is InChI=1S/C15H22N2O2/c1-16(2)14-5-3-12(4-6-14)10-17-8-7-13(11-17)9-15(18)19/h3-6,13H,7-11H2,1-2H3,(H,18,19). The highest BCUT2D eigenvalue weighted by molar-refractivity contribution is 5.67. The van der Waals surface area contributed by atoms with Crippen molar-refractivity contribution in [3.05, 3.63) is 29.8 Å². The van der Waals surface area contributed by atoms with Crippen molar-refractivity contribution in [1.82, 2.24) is 4.90 Å². The number of carboxylic acid groups (broad SMARTS) is 1. The zero-order valence-corrected chi connectivity index (χ0v) is 11.7. The Bertz CT molecular complexity index is 428. The van der Waals surface area contributed by atoms with Crippen molar-refractivity contribution in [2.75, 3.05) is 32.1 Å². The molecule has 1 fully saturated rings. The Morgan fingerprint density at radius 3 is 2.63 bits per heavy atom. The Labute approximate surface area is 114 Å². The number of carboxylic acids is 1. The first-order chi connectivity index (χ1) is 9.04. The van der Waals surface area contributed by atoms with E-state index in [1.54, 1.807) is 0 Å². The number of likely N-dealkylation sites (tertiary alicyclic amines) is 1. The Morgan fingerprint density at radius 1 is 1.37 bits per heavy atom. The molecule has 1 aliphatic rings. The van der Waals surface area contributed by atoms with Gasteiger partial charge in [-0.2, -0.15) is 0 Å². The lowest BCUT2D eigenvalue weighted by Crippen LogP contribution is -2.21. The van der Waals surface area contributed by atoms with Crippen LogP contribution in [0.3, 0.4) is 0 Å². The molecule has 0 aromatic heterocycles. The predicted molar refractivity (Wildman–Crippen MR) is 76.4 cm³/mol. The summed E-state index contributed by atoms with van der Waals surface area (Å²) in [5, 5.41) is 8.81. The van der Waals surface area contributed by atoms with Gasteiger partial charge >= 0.3 is 5.97 Å². The Morgan fingerprint density at radius 2 is 2.05 bits per heavy atom. The molecule has 0 saturated carbocycles. The third-order valence-corrected chi connectivity index (χ3v) is 3.69. The highest BCUT2D eigenvalue weighted by atomic mass is 16.4. The van der Waals surface area contributed by atoms with E-state index in [0.29, 0.717) is 12.3 Å². The monoisotopic (exact) mass is 262 g/mol. The maximum absolute atomic E-state index is 10.7. The van der Waals surface area contributed by atoms with Crippen LogP contribution in [0.1, 0.15) is 18.4 Å². The summed E-state index contributed by atoms with van der Waals surface area (Å²) in [6, 6.07) is 8.56. The molecule has 2 rings (SSSR count). The lowest BCUT2D eigenvalue weighted by Gasteiger charge is -2.17. The molecule has 19 heavy (non-hydrogen) atoms. The van der Waals surface area contributed by atoms with E-state index in [9.17, 15) is 4.79 Å². The summed E-state index contributed by atoms with van der Waals surface area (Å²) < 4.78 is 0. The number of anilines is 1. The molecule has 104 valence electrons. The molecule has 1 atom stereocenters. The topological polar surface area (TPSA) is 43.8 Å². The largest absolute Gasteiger partial charge is 0.481 e. The first-order valence-corrected chi connectivity index (χ1v) is 6.75. The zero-order valence-electron chi connectivity index (χ0n) is 11.7. The van der Waals surface area contributed by atoms with E-state index in [2.05, 4.69) is 34.1 Å². The molecule has 1 aromatic rings. The molecule has 0 amide bonds. The Balaban J connectivity index is 1.86. The number of carbonyl (C=O) groups is 1. The number of hydrogen-bond acceptors (Lipinski definition) is 3. The maximum atomic E-state index is 10.7. The van der Waals surface area contributed by atoms with Crippen LogP contribution in [0.5, 0.6) is 0 Å². The summed E-state index contributed by atoms with van der Waals surface area (Å²) in [5.41, 5.74) is 2.50. The third-order valence-electron chi connectivity index (χ3n) is 3.69. The highest BCUT2D eigenvalue weighted by Crippen LogP contribution is 2.22. The van der Waals surface area contributed by atoms with Gasteiger partial charge in [-0.25, -0.2) is 0 Å². The van der Waals surface area contributed by atoms with Gasteiger partial charge in [0.2, 0.25) is 0 Å². The van der Waals surface area contributed by atoms with E-state index in [-0.39, 0.29) is 0 Å². The molecule has 0 radical (unpaired) electrons. The SMILES string of the molecule is CN(C)c1ccc(CN2CCC(CC(=O)O)C2)cc1. The van der Waals surface area contributed by atoms with E-state index in [1.165, 1.54) is 11.3 Å². The zero-order chi connectivity index (χ0) is 13.8. The number of rotatable bonds is 5. The van der Waals surface area contributed by atoms with Crippen molar-refractivity contribution >= 4 is 11.7 Å². The van der Waals surface area contributed by atoms with Crippen LogP contribution in [0.4, 0.5) is 5.69 Å². The molecule has 1 heterocycles.